The van der Waals surface area contributed by atoms with Gasteiger partial charge in [0.25, 0.3) is 0 Å². The predicted molar refractivity (Wildman–Crippen MR) is 51.5 cm³/mol. The Hall–Kier alpha value is -0.710. The summed E-state index contributed by atoms with van der Waals surface area (Å²) in [6.07, 6.45) is 3.82. The highest BCUT2D eigenvalue weighted by molar-refractivity contribution is 7.98. The van der Waals surface area contributed by atoms with Gasteiger partial charge in [0, 0.05) is 0 Å². The molecule has 1 aromatic rings. The van der Waals surface area contributed by atoms with E-state index in [1.165, 1.54) is 4.79 Å². The van der Waals surface area contributed by atoms with E-state index in [-0.39, 0.29) is 7.43 Å². The van der Waals surface area contributed by atoms with Crippen molar-refractivity contribution in [2.75, 3.05) is 12.1 Å². The van der Waals surface area contributed by atoms with E-state index in [2.05, 4.69) is 19.1 Å². The lowest BCUT2D eigenvalue weighted by Gasteiger charge is -1.97. The predicted octanol–water partition coefficient (Wildman–Crippen LogP) is 0.823. The molecule has 5 heteroatoms. The quantitative estimate of drug-likeness (QED) is 0.426. The molecule has 1 heterocycles. The molecule has 1 aromatic heterocycles. The number of nitrogen functional groups attached to an aromatic ring is 1. The number of thioether (sulfide) groups is 1. The van der Waals surface area contributed by atoms with Crippen LogP contribution in [0.3, 0.4) is 0 Å². The summed E-state index contributed by atoms with van der Waals surface area (Å²) in [6, 6.07) is 0.363. The van der Waals surface area contributed by atoms with E-state index in [0.29, 0.717) is 6.04 Å². The van der Waals surface area contributed by atoms with Gasteiger partial charge in [0.2, 0.25) is 5.03 Å². The van der Waals surface area contributed by atoms with Crippen molar-refractivity contribution in [3.05, 3.63) is 6.20 Å². The molecule has 0 fully saturated rings. The zero-order chi connectivity index (χ0) is 8.43. The Kier molecular flexibility index (Phi) is 4.09. The molecule has 2 N–H and O–H groups in total. The average Bonchev–Trinajstić information content (AvgIpc) is 2.30. The molecule has 0 aliphatic heterocycles. The van der Waals surface area contributed by atoms with Crippen molar-refractivity contribution in [3.63, 3.8) is 0 Å². The van der Waals surface area contributed by atoms with E-state index in [1.807, 2.05) is 17.1 Å². The maximum atomic E-state index is 5.46. The normalized spacial score (nSPS) is 10.0. The maximum Gasteiger partial charge on any atom is 0.227 e. The number of hydrogen-bond donors (Lipinski definition) is 1. The molecule has 0 amide bonds. The van der Waals surface area contributed by atoms with Crippen molar-refractivity contribution < 1.29 is 4.68 Å². The van der Waals surface area contributed by atoms with Gasteiger partial charge in [0.15, 0.2) is 6.20 Å². The van der Waals surface area contributed by atoms with Crippen LogP contribution in [-0.2, 0) is 0 Å². The topological polar surface area (TPSA) is 47.7 Å². The Morgan fingerprint density at radius 3 is 2.58 bits per heavy atom. The highest BCUT2D eigenvalue weighted by Crippen LogP contribution is 2.08. The first-order valence-corrected chi connectivity index (χ1v) is 4.68. The van der Waals surface area contributed by atoms with Gasteiger partial charge in [-0.15, -0.1) is 4.68 Å². The van der Waals surface area contributed by atoms with Crippen LogP contribution in [-0.4, -0.2) is 16.3 Å². The molecule has 0 aromatic carbocycles. The molecule has 12 heavy (non-hydrogen) atoms. The van der Waals surface area contributed by atoms with Crippen molar-refractivity contribution in [2.24, 2.45) is 0 Å². The van der Waals surface area contributed by atoms with Gasteiger partial charge in [-0.25, -0.2) is 5.84 Å². The Bertz CT molecular complexity index is 244. The summed E-state index contributed by atoms with van der Waals surface area (Å²) in [4.78, 5) is 1.34. The lowest BCUT2D eigenvalue weighted by Crippen LogP contribution is -2.41. The molecule has 1 rings (SSSR count). The first kappa shape index (κ1) is 11.3. The van der Waals surface area contributed by atoms with Gasteiger partial charge in [-0.2, -0.15) is 0 Å². The van der Waals surface area contributed by atoms with Crippen molar-refractivity contribution in [2.45, 2.75) is 32.3 Å². The monoisotopic (exact) mass is 189 g/mol. The third kappa shape index (κ3) is 2.14. The minimum Gasteiger partial charge on any atom is -0.249 e. The van der Waals surface area contributed by atoms with Crippen LogP contribution in [0.2, 0.25) is 0 Å². The highest BCUT2D eigenvalue weighted by Gasteiger charge is 2.15. The molecule has 0 bridgehead atoms. The minimum absolute atomic E-state index is 0. The van der Waals surface area contributed by atoms with Crippen LogP contribution in [0, 0.1) is 0 Å². The smallest absolute Gasteiger partial charge is 0.227 e. The standard InChI is InChI=1S/C6H13N4S.CH4/c1-5(2)10-6(11-3)4-9(7)8-10;/h4-5H,1-3H3,(H2,7,8);1H4/q+1;. The summed E-state index contributed by atoms with van der Waals surface area (Å²) < 4.78 is 1.89. The Balaban J connectivity index is 0.00000121. The zero-order valence-corrected chi connectivity index (χ0v) is 7.80. The summed E-state index contributed by atoms with van der Waals surface area (Å²) in [5.74, 6) is 5.46. The van der Waals surface area contributed by atoms with E-state index in [4.69, 9.17) is 5.84 Å². The fourth-order valence-electron chi connectivity index (χ4n) is 0.857. The maximum absolute atomic E-state index is 5.46. The van der Waals surface area contributed by atoms with Crippen molar-refractivity contribution >= 4 is 11.8 Å². The Morgan fingerprint density at radius 1 is 1.67 bits per heavy atom. The average molecular weight is 189 g/mol. The summed E-state index contributed by atoms with van der Waals surface area (Å²) in [5, 5.41) is 5.16. The van der Waals surface area contributed by atoms with Crippen LogP contribution in [0.5, 0.6) is 0 Å². The molecule has 0 aliphatic rings. The lowest BCUT2D eigenvalue weighted by atomic mass is 10.4. The number of nitrogens with zero attached hydrogens (tertiary/aromatic N) is 3. The highest BCUT2D eigenvalue weighted by atomic mass is 32.2. The van der Waals surface area contributed by atoms with E-state index < -0.39 is 0 Å². The summed E-state index contributed by atoms with van der Waals surface area (Å²) >= 11 is 1.64. The molecular weight excluding hydrogens is 172 g/mol. The SMILES string of the molecule is C.CSc1cn(N)n[n+]1C(C)C. The van der Waals surface area contributed by atoms with Crippen LogP contribution >= 0.6 is 11.8 Å². The van der Waals surface area contributed by atoms with Crippen molar-refractivity contribution in [1.29, 1.82) is 0 Å². The fraction of sp³-hybridized carbons (Fsp3) is 0.714. The number of hydrogen-bond acceptors (Lipinski definition) is 3. The second-order valence-corrected chi connectivity index (χ2v) is 3.41. The van der Waals surface area contributed by atoms with E-state index in [9.17, 15) is 0 Å². The van der Waals surface area contributed by atoms with Gasteiger partial charge in [-0.1, -0.05) is 19.2 Å². The van der Waals surface area contributed by atoms with Crippen LogP contribution in [0.1, 0.15) is 27.3 Å². The van der Waals surface area contributed by atoms with Gasteiger partial charge in [-0.3, -0.25) is 0 Å². The van der Waals surface area contributed by atoms with Crippen molar-refractivity contribution in [3.8, 4) is 0 Å². The lowest BCUT2D eigenvalue weighted by molar-refractivity contribution is -0.803. The second kappa shape index (κ2) is 4.35. The van der Waals surface area contributed by atoms with Crippen LogP contribution in [0.25, 0.3) is 0 Å². The largest absolute Gasteiger partial charge is 0.249 e. The van der Waals surface area contributed by atoms with Gasteiger partial charge in [0.05, 0.1) is 0 Å². The number of aromatic nitrogens is 3. The number of nitrogens with two attached hydrogens (primary N) is 1. The molecule has 4 nitrogen and oxygen atoms in total. The first-order chi connectivity index (χ1) is 5.15. The van der Waals surface area contributed by atoms with Gasteiger partial charge in [0.1, 0.15) is 11.3 Å². The number of rotatable bonds is 2. The van der Waals surface area contributed by atoms with E-state index >= 15 is 0 Å². The molecule has 0 aliphatic carbocycles. The fourth-order valence-corrected chi connectivity index (χ4v) is 1.51. The Labute approximate surface area is 77.7 Å². The Morgan fingerprint density at radius 2 is 2.25 bits per heavy atom. The molecule has 0 atom stereocenters. The van der Waals surface area contributed by atoms with Gasteiger partial charge in [-0.05, 0) is 24.9 Å². The zero-order valence-electron chi connectivity index (χ0n) is 6.98. The van der Waals surface area contributed by atoms with Crippen molar-refractivity contribution in [1.82, 2.24) is 10.0 Å². The summed E-state index contributed by atoms with van der Waals surface area (Å²) in [7, 11) is 0. The first-order valence-electron chi connectivity index (χ1n) is 3.45. The van der Waals surface area contributed by atoms with E-state index in [0.717, 1.165) is 5.03 Å². The van der Waals surface area contributed by atoms with Gasteiger partial charge < -0.3 is 0 Å². The molecule has 0 saturated heterocycles. The molecular formula is C7H17N4S+. The summed E-state index contributed by atoms with van der Waals surface area (Å²) in [5.41, 5.74) is 0. The molecule has 70 valence electrons. The molecule has 0 radical (unpaired) electrons. The summed E-state index contributed by atoms with van der Waals surface area (Å²) in [6.45, 7) is 4.15. The van der Waals surface area contributed by atoms with Crippen LogP contribution in [0.15, 0.2) is 11.2 Å². The van der Waals surface area contributed by atoms with Gasteiger partial charge >= 0.3 is 0 Å². The second-order valence-electron chi connectivity index (χ2n) is 2.58. The third-order valence-corrected chi connectivity index (χ3v) is 2.08. The molecule has 0 unspecified atom stereocenters. The minimum atomic E-state index is 0. The molecule has 0 spiro atoms. The van der Waals surface area contributed by atoms with E-state index in [1.54, 1.807) is 11.8 Å². The molecule has 0 saturated carbocycles. The third-order valence-electron chi connectivity index (χ3n) is 1.37. The van der Waals surface area contributed by atoms with Crippen LogP contribution in [0.4, 0.5) is 0 Å². The van der Waals surface area contributed by atoms with Crippen LogP contribution < -0.4 is 10.5 Å².